The fourth-order valence-electron chi connectivity index (χ4n) is 1.33. The van der Waals surface area contributed by atoms with Crippen LogP contribution >= 0.6 is 0 Å². The number of ether oxygens (including phenoxy) is 3. The van der Waals surface area contributed by atoms with E-state index < -0.39 is 0 Å². The molecule has 1 heterocycles. The summed E-state index contributed by atoms with van der Waals surface area (Å²) in [6, 6.07) is 0.248. The minimum absolute atomic E-state index is 0.143. The number of methoxy groups -OCH3 is 1. The van der Waals surface area contributed by atoms with Gasteiger partial charge in [0.2, 0.25) is 11.9 Å². The molecule has 1 rings (SSSR count). The first kappa shape index (κ1) is 16.4. The van der Waals surface area contributed by atoms with Crippen molar-refractivity contribution in [1.29, 1.82) is 0 Å². The van der Waals surface area contributed by atoms with Crippen molar-refractivity contribution in [3.05, 3.63) is 0 Å². The van der Waals surface area contributed by atoms with Crippen LogP contribution in [0.5, 0.6) is 6.01 Å². The average molecular weight is 285 g/mol. The second-order valence-electron chi connectivity index (χ2n) is 4.03. The number of hydrogen-bond acceptors (Lipinski definition) is 8. The molecule has 3 N–H and O–H groups in total. The van der Waals surface area contributed by atoms with E-state index in [1.54, 1.807) is 7.11 Å². The SMILES string of the molecule is CCCOc1nc(N)nc(NCCCOCCOC)n1. The fourth-order valence-corrected chi connectivity index (χ4v) is 1.33. The van der Waals surface area contributed by atoms with E-state index in [-0.39, 0.29) is 12.0 Å². The maximum Gasteiger partial charge on any atom is 0.323 e. The number of anilines is 2. The van der Waals surface area contributed by atoms with E-state index in [9.17, 15) is 0 Å². The Bertz CT molecular complexity index is 378. The van der Waals surface area contributed by atoms with Crippen LogP contribution < -0.4 is 15.8 Å². The van der Waals surface area contributed by atoms with Crippen LogP contribution in [0, 0.1) is 0 Å². The Balaban J connectivity index is 2.26. The molecule has 1 aromatic heterocycles. The van der Waals surface area contributed by atoms with E-state index in [4.69, 9.17) is 19.9 Å². The molecule has 0 saturated heterocycles. The second kappa shape index (κ2) is 10.2. The van der Waals surface area contributed by atoms with Gasteiger partial charge in [0.25, 0.3) is 0 Å². The molecule has 0 aliphatic carbocycles. The standard InChI is InChI=1S/C12H23N5O3/c1-3-6-20-12-16-10(13)15-11(17-12)14-5-4-7-19-9-8-18-2/h3-9H2,1-2H3,(H3,13,14,15,16,17). The van der Waals surface area contributed by atoms with Crippen LogP contribution in [0.1, 0.15) is 19.8 Å². The van der Waals surface area contributed by atoms with Crippen LogP contribution in [0.4, 0.5) is 11.9 Å². The van der Waals surface area contributed by atoms with Gasteiger partial charge in [-0.05, 0) is 12.8 Å². The molecule has 0 aliphatic heterocycles. The van der Waals surface area contributed by atoms with E-state index in [1.165, 1.54) is 0 Å². The van der Waals surface area contributed by atoms with E-state index >= 15 is 0 Å². The summed E-state index contributed by atoms with van der Waals surface area (Å²) < 4.78 is 15.6. The number of rotatable bonds is 11. The van der Waals surface area contributed by atoms with Crippen molar-refractivity contribution in [2.45, 2.75) is 19.8 Å². The first-order valence-electron chi connectivity index (χ1n) is 6.71. The highest BCUT2D eigenvalue weighted by Gasteiger charge is 2.04. The van der Waals surface area contributed by atoms with Crippen molar-refractivity contribution in [2.24, 2.45) is 0 Å². The van der Waals surface area contributed by atoms with Gasteiger partial charge in [-0.2, -0.15) is 15.0 Å². The van der Waals surface area contributed by atoms with Gasteiger partial charge in [0.15, 0.2) is 0 Å². The van der Waals surface area contributed by atoms with Gasteiger partial charge in [0.05, 0.1) is 19.8 Å². The van der Waals surface area contributed by atoms with Crippen molar-refractivity contribution in [2.75, 3.05) is 51.1 Å². The molecule has 114 valence electrons. The highest BCUT2D eigenvalue weighted by molar-refractivity contribution is 5.32. The highest BCUT2D eigenvalue weighted by atomic mass is 16.5. The second-order valence-corrected chi connectivity index (χ2v) is 4.03. The lowest BCUT2D eigenvalue weighted by molar-refractivity contribution is 0.0705. The van der Waals surface area contributed by atoms with Gasteiger partial charge in [-0.15, -0.1) is 0 Å². The molecule has 0 aliphatic rings. The summed E-state index contributed by atoms with van der Waals surface area (Å²) in [6.45, 7) is 5.10. The summed E-state index contributed by atoms with van der Waals surface area (Å²) in [5.74, 6) is 0.561. The Morgan fingerprint density at radius 2 is 1.95 bits per heavy atom. The Hall–Kier alpha value is -1.67. The fraction of sp³-hybridized carbons (Fsp3) is 0.750. The molecule has 0 atom stereocenters. The van der Waals surface area contributed by atoms with Gasteiger partial charge in [-0.3, -0.25) is 0 Å². The smallest absolute Gasteiger partial charge is 0.323 e. The Labute approximate surface area is 119 Å². The zero-order chi connectivity index (χ0) is 14.6. The largest absolute Gasteiger partial charge is 0.463 e. The molecular formula is C12H23N5O3. The average Bonchev–Trinajstić information content (AvgIpc) is 2.43. The van der Waals surface area contributed by atoms with Crippen LogP contribution in [-0.4, -0.2) is 55.0 Å². The van der Waals surface area contributed by atoms with E-state index in [1.807, 2.05) is 6.92 Å². The van der Waals surface area contributed by atoms with Crippen molar-refractivity contribution in [1.82, 2.24) is 15.0 Å². The molecule has 20 heavy (non-hydrogen) atoms. The summed E-state index contributed by atoms with van der Waals surface area (Å²) in [7, 11) is 1.65. The third-order valence-electron chi connectivity index (χ3n) is 2.25. The Morgan fingerprint density at radius 3 is 2.70 bits per heavy atom. The third kappa shape index (κ3) is 7.05. The van der Waals surface area contributed by atoms with Gasteiger partial charge in [-0.1, -0.05) is 6.92 Å². The number of nitrogens with one attached hydrogen (secondary N) is 1. The molecular weight excluding hydrogens is 262 g/mol. The molecule has 0 unspecified atom stereocenters. The number of nitrogens with zero attached hydrogens (tertiary/aromatic N) is 3. The Kier molecular flexibility index (Phi) is 8.32. The Morgan fingerprint density at radius 1 is 1.10 bits per heavy atom. The predicted octanol–water partition coefficient (Wildman–Crippen LogP) is 0.708. The summed E-state index contributed by atoms with van der Waals surface area (Å²) in [4.78, 5) is 12.0. The molecule has 0 radical (unpaired) electrons. The van der Waals surface area contributed by atoms with Crippen molar-refractivity contribution >= 4 is 11.9 Å². The van der Waals surface area contributed by atoms with Crippen molar-refractivity contribution < 1.29 is 14.2 Å². The first-order valence-corrected chi connectivity index (χ1v) is 6.71. The maximum atomic E-state index is 5.60. The number of nitrogen functional groups attached to an aromatic ring is 1. The lowest BCUT2D eigenvalue weighted by Crippen LogP contribution is -2.12. The molecule has 0 spiro atoms. The summed E-state index contributed by atoms with van der Waals surface area (Å²) in [6.07, 6.45) is 1.72. The van der Waals surface area contributed by atoms with Gasteiger partial charge in [-0.25, -0.2) is 0 Å². The molecule has 0 aromatic carbocycles. The van der Waals surface area contributed by atoms with Gasteiger partial charge in [0, 0.05) is 20.3 Å². The molecule has 8 nitrogen and oxygen atoms in total. The maximum absolute atomic E-state index is 5.60. The molecule has 1 aromatic rings. The molecule has 0 fully saturated rings. The van der Waals surface area contributed by atoms with Crippen molar-refractivity contribution in [3.8, 4) is 6.01 Å². The van der Waals surface area contributed by atoms with Crippen LogP contribution in [0.15, 0.2) is 0 Å². The predicted molar refractivity (Wildman–Crippen MR) is 75.8 cm³/mol. The molecule has 8 heteroatoms. The number of aromatic nitrogens is 3. The molecule has 0 amide bonds. The monoisotopic (exact) mass is 285 g/mol. The van der Waals surface area contributed by atoms with Crippen LogP contribution in [-0.2, 0) is 9.47 Å². The zero-order valence-corrected chi connectivity index (χ0v) is 12.1. The summed E-state index contributed by atoms with van der Waals surface area (Å²) >= 11 is 0. The van der Waals surface area contributed by atoms with Crippen LogP contribution in [0.25, 0.3) is 0 Å². The van der Waals surface area contributed by atoms with Gasteiger partial charge < -0.3 is 25.3 Å². The van der Waals surface area contributed by atoms with Crippen LogP contribution in [0.2, 0.25) is 0 Å². The van der Waals surface area contributed by atoms with E-state index in [2.05, 4.69) is 20.3 Å². The zero-order valence-electron chi connectivity index (χ0n) is 12.1. The summed E-state index contributed by atoms with van der Waals surface area (Å²) in [5.41, 5.74) is 5.60. The van der Waals surface area contributed by atoms with Crippen molar-refractivity contribution in [3.63, 3.8) is 0 Å². The first-order chi connectivity index (χ1) is 9.76. The molecule has 0 bridgehead atoms. The number of hydrogen-bond donors (Lipinski definition) is 2. The minimum Gasteiger partial charge on any atom is -0.463 e. The van der Waals surface area contributed by atoms with E-state index in [0.29, 0.717) is 38.9 Å². The quantitative estimate of drug-likeness (QED) is 0.573. The molecule has 0 saturated carbocycles. The lowest BCUT2D eigenvalue weighted by atomic mass is 10.4. The lowest BCUT2D eigenvalue weighted by Gasteiger charge is -2.08. The highest BCUT2D eigenvalue weighted by Crippen LogP contribution is 2.09. The van der Waals surface area contributed by atoms with Crippen LogP contribution in [0.3, 0.4) is 0 Å². The normalized spacial score (nSPS) is 10.5. The van der Waals surface area contributed by atoms with Gasteiger partial charge in [0.1, 0.15) is 0 Å². The third-order valence-corrected chi connectivity index (χ3v) is 2.25. The summed E-state index contributed by atoms with van der Waals surface area (Å²) in [5, 5.41) is 3.06. The number of nitrogens with two attached hydrogens (primary N) is 1. The minimum atomic E-state index is 0.143. The van der Waals surface area contributed by atoms with Gasteiger partial charge >= 0.3 is 6.01 Å². The topological polar surface area (TPSA) is 104 Å². The van der Waals surface area contributed by atoms with E-state index in [0.717, 1.165) is 12.8 Å².